The zero-order valence-electron chi connectivity index (χ0n) is 27.6. The third kappa shape index (κ3) is 5.28. The van der Waals surface area contributed by atoms with Gasteiger partial charge in [0.25, 0.3) is 0 Å². The molecule has 0 spiro atoms. The molecule has 0 unspecified atom stereocenters. The lowest BCUT2D eigenvalue weighted by molar-refractivity contribution is 0.443. The van der Waals surface area contributed by atoms with Gasteiger partial charge in [-0.15, -0.1) is 0 Å². The van der Waals surface area contributed by atoms with E-state index in [2.05, 4.69) is 134 Å². The van der Waals surface area contributed by atoms with Crippen LogP contribution in [0.1, 0.15) is 112 Å². The van der Waals surface area contributed by atoms with Gasteiger partial charge in [0.2, 0.25) is 0 Å². The Morgan fingerprint density at radius 1 is 0.478 bits per heavy atom. The van der Waals surface area contributed by atoms with E-state index in [1.54, 1.807) is 0 Å². The van der Waals surface area contributed by atoms with E-state index < -0.39 is 0 Å². The molecule has 0 bridgehead atoms. The van der Waals surface area contributed by atoms with Crippen molar-refractivity contribution in [1.82, 2.24) is 0 Å². The summed E-state index contributed by atoms with van der Waals surface area (Å²) in [5, 5.41) is 0. The Labute approximate surface area is 276 Å². The van der Waals surface area contributed by atoms with Gasteiger partial charge in [-0.05, 0) is 107 Å². The van der Waals surface area contributed by atoms with Crippen LogP contribution < -0.4 is 4.90 Å². The molecule has 1 nitrogen and oxygen atoms in total. The molecule has 0 heterocycles. The lowest BCUT2D eigenvalue weighted by Crippen LogP contribution is -2.17. The van der Waals surface area contributed by atoms with E-state index in [9.17, 15) is 0 Å². The summed E-state index contributed by atoms with van der Waals surface area (Å²) >= 11 is 0. The second kappa shape index (κ2) is 12.3. The number of hydrogen-bond donors (Lipinski definition) is 0. The van der Waals surface area contributed by atoms with E-state index >= 15 is 0 Å². The maximum absolute atomic E-state index is 2.51. The highest BCUT2D eigenvalue weighted by molar-refractivity contribution is 5.90. The van der Waals surface area contributed by atoms with Crippen molar-refractivity contribution in [3.8, 4) is 22.3 Å². The van der Waals surface area contributed by atoms with E-state index in [0.717, 1.165) is 5.92 Å². The zero-order valence-corrected chi connectivity index (χ0v) is 27.6. The molecule has 5 aromatic carbocycles. The molecule has 0 aliphatic heterocycles. The second-order valence-corrected chi connectivity index (χ2v) is 14.6. The Hall–Kier alpha value is -4.10. The second-order valence-electron chi connectivity index (χ2n) is 14.6. The van der Waals surface area contributed by atoms with Gasteiger partial charge in [-0.25, -0.2) is 0 Å². The maximum atomic E-state index is 2.51. The molecule has 0 amide bonds. The molecule has 3 aliphatic rings. The van der Waals surface area contributed by atoms with Gasteiger partial charge in [-0.2, -0.15) is 0 Å². The lowest BCUT2D eigenvalue weighted by Gasteiger charge is -2.30. The fraction of sp³-hybridized carbons (Fsp3) is 0.333. The van der Waals surface area contributed by atoms with Crippen molar-refractivity contribution in [3.05, 3.63) is 138 Å². The van der Waals surface area contributed by atoms with E-state index in [1.807, 2.05) is 0 Å². The van der Waals surface area contributed by atoms with Crippen LogP contribution in [0.5, 0.6) is 0 Å². The van der Waals surface area contributed by atoms with Crippen LogP contribution in [0.2, 0.25) is 0 Å². The molecule has 5 aromatic rings. The minimum Gasteiger partial charge on any atom is -0.310 e. The Balaban J connectivity index is 1.23. The molecular weight excluding hydrogens is 555 g/mol. The van der Waals surface area contributed by atoms with Gasteiger partial charge in [-0.1, -0.05) is 137 Å². The summed E-state index contributed by atoms with van der Waals surface area (Å²) in [6.07, 6.45) is 13.5. The van der Waals surface area contributed by atoms with Gasteiger partial charge in [0.1, 0.15) is 0 Å². The predicted molar refractivity (Wildman–Crippen MR) is 196 cm³/mol. The minimum absolute atomic E-state index is 0.0487. The van der Waals surface area contributed by atoms with Crippen LogP contribution in [0.15, 0.2) is 115 Å². The van der Waals surface area contributed by atoms with E-state index in [1.165, 1.54) is 126 Å². The fourth-order valence-corrected chi connectivity index (χ4v) is 8.87. The standard InChI is InChI=1S/C45H47N/c1-45(2)42-19-11-9-18-40(42)41-30-29-38(31-43(41)45)46(37-27-25-35(26-28-37)33-15-7-4-8-16-33)44-20-12-10-17-39(44)36-23-21-34(22-24-36)32-13-5-3-6-14-32/h9-12,17-33H,3-8,13-16H2,1-2H3. The van der Waals surface area contributed by atoms with Crippen LogP contribution in [0.3, 0.4) is 0 Å². The molecule has 2 saturated carbocycles. The molecule has 0 aromatic heterocycles. The number of rotatable bonds is 6. The first-order valence-electron chi connectivity index (χ1n) is 17.9. The molecule has 1 heteroatoms. The third-order valence-electron chi connectivity index (χ3n) is 11.5. The van der Waals surface area contributed by atoms with Crippen molar-refractivity contribution in [1.29, 1.82) is 0 Å². The Morgan fingerprint density at radius 3 is 1.65 bits per heavy atom. The summed E-state index contributed by atoms with van der Waals surface area (Å²) in [5.74, 6) is 1.42. The van der Waals surface area contributed by atoms with Crippen molar-refractivity contribution in [2.24, 2.45) is 0 Å². The predicted octanol–water partition coefficient (Wildman–Crippen LogP) is 13.2. The van der Waals surface area contributed by atoms with E-state index in [4.69, 9.17) is 0 Å². The fourth-order valence-electron chi connectivity index (χ4n) is 8.87. The van der Waals surface area contributed by atoms with Crippen LogP contribution in [-0.4, -0.2) is 0 Å². The Morgan fingerprint density at radius 2 is 1.00 bits per heavy atom. The third-order valence-corrected chi connectivity index (χ3v) is 11.5. The van der Waals surface area contributed by atoms with Gasteiger partial charge in [0.05, 0.1) is 5.69 Å². The molecule has 8 rings (SSSR count). The van der Waals surface area contributed by atoms with Gasteiger partial charge < -0.3 is 4.90 Å². The first-order chi connectivity index (χ1) is 22.6. The van der Waals surface area contributed by atoms with Crippen molar-refractivity contribution < 1.29 is 0 Å². The smallest absolute Gasteiger partial charge is 0.0540 e. The SMILES string of the molecule is CC1(C)c2ccccc2-c2ccc(N(c3ccc(C4CCCCC4)cc3)c3ccccc3-c3ccc(C4CCCCC4)cc3)cc21. The highest BCUT2D eigenvalue weighted by Gasteiger charge is 2.36. The zero-order chi connectivity index (χ0) is 31.1. The van der Waals surface area contributed by atoms with E-state index in [0.29, 0.717) is 5.92 Å². The average Bonchev–Trinajstić information content (AvgIpc) is 3.35. The van der Waals surface area contributed by atoms with Crippen molar-refractivity contribution in [2.75, 3.05) is 4.90 Å². The first-order valence-corrected chi connectivity index (χ1v) is 17.9. The molecule has 0 atom stereocenters. The van der Waals surface area contributed by atoms with Gasteiger partial charge in [0, 0.05) is 22.4 Å². The monoisotopic (exact) mass is 601 g/mol. The highest BCUT2D eigenvalue weighted by atomic mass is 15.1. The minimum atomic E-state index is -0.0487. The van der Waals surface area contributed by atoms with Crippen molar-refractivity contribution >= 4 is 17.1 Å². The average molecular weight is 602 g/mol. The number of para-hydroxylation sites is 1. The molecule has 0 radical (unpaired) electrons. The number of hydrogen-bond acceptors (Lipinski definition) is 1. The first kappa shape index (κ1) is 29.3. The summed E-state index contributed by atoms with van der Waals surface area (Å²) in [5.41, 5.74) is 14.8. The normalized spacial score (nSPS) is 17.8. The highest BCUT2D eigenvalue weighted by Crippen LogP contribution is 2.51. The van der Waals surface area contributed by atoms with Gasteiger partial charge in [-0.3, -0.25) is 0 Å². The van der Waals surface area contributed by atoms with Crippen LogP contribution in [0.4, 0.5) is 17.1 Å². The number of fused-ring (bicyclic) bond motifs is 3. The molecule has 0 saturated heterocycles. The van der Waals surface area contributed by atoms with Crippen LogP contribution in [0, 0.1) is 0 Å². The van der Waals surface area contributed by atoms with Crippen molar-refractivity contribution in [3.63, 3.8) is 0 Å². The van der Waals surface area contributed by atoms with Gasteiger partial charge in [0.15, 0.2) is 0 Å². The topological polar surface area (TPSA) is 3.24 Å². The van der Waals surface area contributed by atoms with Crippen LogP contribution in [0.25, 0.3) is 22.3 Å². The molecule has 2 fully saturated rings. The molecule has 0 N–H and O–H groups in total. The van der Waals surface area contributed by atoms with Crippen molar-refractivity contribution in [2.45, 2.75) is 95.3 Å². The number of benzene rings is 5. The van der Waals surface area contributed by atoms with Crippen LogP contribution >= 0.6 is 0 Å². The number of anilines is 3. The van der Waals surface area contributed by atoms with Crippen LogP contribution in [-0.2, 0) is 5.41 Å². The molecule has 232 valence electrons. The summed E-state index contributed by atoms with van der Waals surface area (Å²) < 4.78 is 0. The largest absolute Gasteiger partial charge is 0.310 e. The Kier molecular flexibility index (Phi) is 7.81. The number of nitrogens with zero attached hydrogens (tertiary/aromatic N) is 1. The molecule has 3 aliphatic carbocycles. The van der Waals surface area contributed by atoms with Gasteiger partial charge >= 0.3 is 0 Å². The maximum Gasteiger partial charge on any atom is 0.0540 e. The Bertz CT molecular complexity index is 1810. The molecule has 46 heavy (non-hydrogen) atoms. The summed E-state index contributed by atoms with van der Waals surface area (Å²) in [4.78, 5) is 2.51. The summed E-state index contributed by atoms with van der Waals surface area (Å²) in [7, 11) is 0. The summed E-state index contributed by atoms with van der Waals surface area (Å²) in [6.45, 7) is 4.76. The van der Waals surface area contributed by atoms with E-state index in [-0.39, 0.29) is 5.41 Å². The lowest BCUT2D eigenvalue weighted by atomic mass is 9.82. The molecular formula is C45H47N. The quantitative estimate of drug-likeness (QED) is 0.187. The summed E-state index contributed by atoms with van der Waals surface area (Å²) in [6, 6.07) is 44.3.